The first-order valence-electron chi connectivity index (χ1n) is 5.88. The number of aliphatic hydroxyl groups is 1. The second-order valence-corrected chi connectivity index (χ2v) is 4.22. The molecule has 2 unspecified atom stereocenters. The highest BCUT2D eigenvalue weighted by molar-refractivity contribution is 5.40. The van der Waals surface area contributed by atoms with Gasteiger partial charge < -0.3 is 19.6 Å². The summed E-state index contributed by atoms with van der Waals surface area (Å²) >= 11 is 0. The molecule has 2 heterocycles. The molecule has 0 saturated carbocycles. The minimum atomic E-state index is -0.649. The normalized spacial score (nSPS) is 19.5. The Morgan fingerprint density at radius 2 is 2.22 bits per heavy atom. The number of H-pyrrole nitrogens is 1. The summed E-state index contributed by atoms with van der Waals surface area (Å²) in [5.74, 6) is 2.14. The molecule has 94 valence electrons. The number of hydrogen-bond acceptors (Lipinski definition) is 4. The molecule has 3 rings (SSSR count). The van der Waals surface area contributed by atoms with Gasteiger partial charge >= 0.3 is 0 Å². The monoisotopic (exact) mass is 246 g/mol. The topological polar surface area (TPSA) is 67.4 Å². The number of aliphatic hydroxyl groups excluding tert-OH is 1. The van der Waals surface area contributed by atoms with Gasteiger partial charge in [0.1, 0.15) is 18.5 Å². The third-order valence-electron chi connectivity index (χ3n) is 2.92. The van der Waals surface area contributed by atoms with Crippen molar-refractivity contribution in [3.05, 3.63) is 42.5 Å². The second-order valence-electron chi connectivity index (χ2n) is 4.22. The van der Waals surface area contributed by atoms with Gasteiger partial charge in [-0.05, 0) is 12.1 Å². The zero-order valence-corrected chi connectivity index (χ0v) is 9.74. The first kappa shape index (κ1) is 11.1. The molecule has 0 aliphatic carbocycles. The Hall–Kier alpha value is -2.01. The molecule has 1 aromatic heterocycles. The quantitative estimate of drug-likeness (QED) is 0.852. The van der Waals surface area contributed by atoms with Crippen molar-refractivity contribution >= 4 is 0 Å². The lowest BCUT2D eigenvalue weighted by atomic mass is 10.1. The van der Waals surface area contributed by atoms with Crippen LogP contribution in [-0.2, 0) is 6.42 Å². The van der Waals surface area contributed by atoms with Crippen LogP contribution in [0.4, 0.5) is 0 Å². The molecule has 0 radical (unpaired) electrons. The van der Waals surface area contributed by atoms with Crippen molar-refractivity contribution in [1.82, 2.24) is 9.97 Å². The molecule has 2 N–H and O–H groups in total. The molecular weight excluding hydrogens is 232 g/mol. The van der Waals surface area contributed by atoms with Gasteiger partial charge in [-0.3, -0.25) is 0 Å². The van der Waals surface area contributed by atoms with Crippen LogP contribution in [0, 0.1) is 0 Å². The van der Waals surface area contributed by atoms with Crippen LogP contribution in [0.1, 0.15) is 5.82 Å². The fourth-order valence-electron chi connectivity index (χ4n) is 1.96. The maximum Gasteiger partial charge on any atom is 0.161 e. The van der Waals surface area contributed by atoms with Crippen molar-refractivity contribution in [2.45, 2.75) is 18.6 Å². The van der Waals surface area contributed by atoms with Gasteiger partial charge in [-0.2, -0.15) is 0 Å². The van der Waals surface area contributed by atoms with Crippen LogP contribution in [0.2, 0.25) is 0 Å². The highest BCUT2D eigenvalue weighted by Gasteiger charge is 2.28. The molecule has 1 aliphatic rings. The minimum absolute atomic E-state index is 0.346. The number of aromatic nitrogens is 2. The van der Waals surface area contributed by atoms with Crippen molar-refractivity contribution in [3.8, 4) is 11.5 Å². The van der Waals surface area contributed by atoms with Gasteiger partial charge in [0, 0.05) is 18.8 Å². The van der Waals surface area contributed by atoms with E-state index in [1.165, 1.54) is 0 Å². The van der Waals surface area contributed by atoms with E-state index >= 15 is 0 Å². The molecular formula is C13H14N2O3. The summed E-state index contributed by atoms with van der Waals surface area (Å²) in [6.45, 7) is 0.346. The van der Waals surface area contributed by atoms with Crippen LogP contribution >= 0.6 is 0 Å². The highest BCUT2D eigenvalue weighted by atomic mass is 16.6. The number of nitrogens with zero attached hydrogens (tertiary/aromatic N) is 1. The van der Waals surface area contributed by atoms with Crippen molar-refractivity contribution < 1.29 is 14.6 Å². The molecule has 0 spiro atoms. The highest BCUT2D eigenvalue weighted by Crippen LogP contribution is 2.31. The number of ether oxygens (including phenoxy) is 2. The van der Waals surface area contributed by atoms with Gasteiger partial charge in [0.15, 0.2) is 17.6 Å². The van der Waals surface area contributed by atoms with Crippen LogP contribution < -0.4 is 9.47 Å². The summed E-state index contributed by atoms with van der Waals surface area (Å²) < 4.78 is 11.3. The first-order chi connectivity index (χ1) is 8.83. The lowest BCUT2D eigenvalue weighted by Crippen LogP contribution is -2.41. The Kier molecular flexibility index (Phi) is 2.90. The van der Waals surface area contributed by atoms with E-state index < -0.39 is 6.10 Å². The summed E-state index contributed by atoms with van der Waals surface area (Å²) in [6.07, 6.45) is 2.79. The van der Waals surface area contributed by atoms with Crippen LogP contribution in [0.5, 0.6) is 11.5 Å². The molecule has 0 saturated heterocycles. The Morgan fingerprint density at radius 3 is 3.00 bits per heavy atom. The molecule has 1 aliphatic heterocycles. The van der Waals surface area contributed by atoms with E-state index in [-0.39, 0.29) is 6.10 Å². The molecule has 2 atom stereocenters. The van der Waals surface area contributed by atoms with Crippen molar-refractivity contribution in [3.63, 3.8) is 0 Å². The van der Waals surface area contributed by atoms with E-state index in [2.05, 4.69) is 9.97 Å². The third kappa shape index (κ3) is 2.17. The van der Waals surface area contributed by atoms with Crippen LogP contribution in [-0.4, -0.2) is 33.9 Å². The fraction of sp³-hybridized carbons (Fsp3) is 0.308. The minimum Gasteiger partial charge on any atom is -0.486 e. The summed E-state index contributed by atoms with van der Waals surface area (Å²) in [5, 5.41) is 10.1. The Bertz CT molecular complexity index is 513. The zero-order chi connectivity index (χ0) is 12.4. The molecule has 5 nitrogen and oxygen atoms in total. The average Bonchev–Trinajstić information content (AvgIpc) is 2.91. The predicted octanol–water partition coefficient (Wildman–Crippen LogP) is 1.15. The van der Waals surface area contributed by atoms with Crippen LogP contribution in [0.3, 0.4) is 0 Å². The van der Waals surface area contributed by atoms with Gasteiger partial charge in [-0.25, -0.2) is 4.98 Å². The summed E-state index contributed by atoms with van der Waals surface area (Å²) in [7, 11) is 0. The SMILES string of the molecule is OC(Cc1ncc[nH]1)C1COc2ccccc2O1. The van der Waals surface area contributed by atoms with Crippen LogP contribution in [0.15, 0.2) is 36.7 Å². The average molecular weight is 246 g/mol. The molecule has 0 fully saturated rings. The van der Waals surface area contributed by atoms with E-state index in [0.29, 0.717) is 18.8 Å². The summed E-state index contributed by atoms with van der Waals surface area (Å²) in [5.41, 5.74) is 0. The third-order valence-corrected chi connectivity index (χ3v) is 2.92. The second kappa shape index (κ2) is 4.70. The van der Waals surface area contributed by atoms with E-state index in [4.69, 9.17) is 9.47 Å². The fourth-order valence-corrected chi connectivity index (χ4v) is 1.96. The van der Waals surface area contributed by atoms with Crippen molar-refractivity contribution in [2.75, 3.05) is 6.61 Å². The Labute approximate surface area is 104 Å². The Morgan fingerprint density at radius 1 is 1.39 bits per heavy atom. The molecule has 0 amide bonds. The number of nitrogens with one attached hydrogen (secondary N) is 1. The van der Waals surface area contributed by atoms with Gasteiger partial charge in [0.05, 0.1) is 0 Å². The summed E-state index contributed by atoms with van der Waals surface area (Å²) in [6, 6.07) is 7.46. The largest absolute Gasteiger partial charge is 0.486 e. The van der Waals surface area contributed by atoms with E-state index in [1.807, 2.05) is 24.3 Å². The van der Waals surface area contributed by atoms with Gasteiger partial charge in [0.25, 0.3) is 0 Å². The van der Waals surface area contributed by atoms with Gasteiger partial charge in [-0.15, -0.1) is 0 Å². The standard InChI is InChI=1S/C13H14N2O3/c16-9(7-13-14-5-6-15-13)12-8-17-10-3-1-2-4-11(10)18-12/h1-6,9,12,16H,7-8H2,(H,14,15). The number of benzene rings is 1. The lowest BCUT2D eigenvalue weighted by molar-refractivity contribution is -0.0102. The van der Waals surface area contributed by atoms with Gasteiger partial charge in [-0.1, -0.05) is 12.1 Å². The lowest BCUT2D eigenvalue weighted by Gasteiger charge is -2.29. The maximum absolute atomic E-state index is 10.1. The smallest absolute Gasteiger partial charge is 0.161 e. The zero-order valence-electron chi connectivity index (χ0n) is 9.74. The molecule has 0 bridgehead atoms. The number of para-hydroxylation sites is 2. The van der Waals surface area contributed by atoms with Crippen molar-refractivity contribution in [1.29, 1.82) is 0 Å². The molecule has 1 aromatic carbocycles. The molecule has 2 aromatic rings. The van der Waals surface area contributed by atoms with Gasteiger partial charge in [0.2, 0.25) is 0 Å². The number of fused-ring (bicyclic) bond motifs is 1. The van der Waals surface area contributed by atoms with E-state index in [1.54, 1.807) is 12.4 Å². The number of rotatable bonds is 3. The predicted molar refractivity (Wildman–Crippen MR) is 64.7 cm³/mol. The number of hydrogen-bond donors (Lipinski definition) is 2. The molecule has 5 heteroatoms. The molecule has 18 heavy (non-hydrogen) atoms. The van der Waals surface area contributed by atoms with E-state index in [9.17, 15) is 5.11 Å². The summed E-state index contributed by atoms with van der Waals surface area (Å²) in [4.78, 5) is 7.04. The first-order valence-corrected chi connectivity index (χ1v) is 5.88. The number of imidazole rings is 1. The van der Waals surface area contributed by atoms with Crippen molar-refractivity contribution in [2.24, 2.45) is 0 Å². The Balaban J connectivity index is 1.68. The van der Waals surface area contributed by atoms with Crippen LogP contribution in [0.25, 0.3) is 0 Å². The van der Waals surface area contributed by atoms with E-state index in [0.717, 1.165) is 11.6 Å². The maximum atomic E-state index is 10.1. The number of aromatic amines is 1.